The summed E-state index contributed by atoms with van der Waals surface area (Å²) in [6.07, 6.45) is 3.50. The molecule has 0 saturated carbocycles. The van der Waals surface area contributed by atoms with Gasteiger partial charge in [0.2, 0.25) is 0 Å². The van der Waals surface area contributed by atoms with Gasteiger partial charge in [-0.2, -0.15) is 5.10 Å². The second kappa shape index (κ2) is 9.79. The largest absolute Gasteiger partial charge is 0.294 e. The van der Waals surface area contributed by atoms with E-state index in [1.807, 2.05) is 22.8 Å². The van der Waals surface area contributed by atoms with E-state index in [2.05, 4.69) is 126 Å². The summed E-state index contributed by atoms with van der Waals surface area (Å²) in [5, 5.41) is 10.5. The maximum atomic E-state index is 4.71. The fourth-order valence-electron chi connectivity index (χ4n) is 6.57. The van der Waals surface area contributed by atoms with Crippen LogP contribution in [0.3, 0.4) is 0 Å². The zero-order chi connectivity index (χ0) is 29.2. The smallest absolute Gasteiger partial charge is 0.163 e. The number of fused-ring (bicyclic) bond motifs is 9. The van der Waals surface area contributed by atoms with Crippen LogP contribution >= 0.6 is 11.8 Å². The maximum Gasteiger partial charge on any atom is 0.163 e. The predicted octanol–water partition coefficient (Wildman–Crippen LogP) is 9.65. The molecule has 0 aliphatic carbocycles. The minimum Gasteiger partial charge on any atom is -0.294 e. The van der Waals surface area contributed by atoms with Gasteiger partial charge in [0.15, 0.2) is 5.65 Å². The van der Waals surface area contributed by atoms with Crippen molar-refractivity contribution in [2.45, 2.75) is 16.7 Å². The Bertz CT molecular complexity index is 2550. The van der Waals surface area contributed by atoms with Crippen LogP contribution in [0.4, 0.5) is 0 Å². The number of hydrogen-bond acceptors (Lipinski definition) is 4. The molecule has 9 rings (SSSR count). The van der Waals surface area contributed by atoms with Gasteiger partial charge in [-0.1, -0.05) is 84.6 Å². The minimum atomic E-state index is 0.864. The number of rotatable bonds is 4. The topological polar surface area (TPSA) is 48.0 Å². The number of aromatic nitrogens is 5. The Hall–Kier alpha value is -5.46. The Morgan fingerprint density at radius 1 is 0.568 bits per heavy atom. The molecule has 5 nitrogen and oxygen atoms in total. The Morgan fingerprint density at radius 3 is 2.20 bits per heavy atom. The van der Waals surface area contributed by atoms with Gasteiger partial charge in [-0.05, 0) is 77.5 Å². The molecule has 0 N–H and O–H groups in total. The molecule has 0 bridgehead atoms. The first-order chi connectivity index (χ1) is 21.7. The summed E-state index contributed by atoms with van der Waals surface area (Å²) in [6, 6.07) is 43.1. The SMILES string of the molecule is Cc1ccccc1-c1cccc2c1c1ccc(Sc3ccc4c5ccccc5n(-c5ccccn5)c4c3)cc1c1ncnn21. The summed E-state index contributed by atoms with van der Waals surface area (Å²) in [5.41, 5.74) is 7.90. The third kappa shape index (κ3) is 3.78. The Morgan fingerprint density at radius 2 is 1.32 bits per heavy atom. The molecule has 0 aliphatic rings. The monoisotopic (exact) mass is 583 g/mol. The molecule has 0 atom stereocenters. The Balaban J connectivity index is 1.23. The lowest BCUT2D eigenvalue weighted by Gasteiger charge is -2.14. The van der Waals surface area contributed by atoms with Gasteiger partial charge in [-0.3, -0.25) is 4.57 Å². The van der Waals surface area contributed by atoms with Crippen molar-refractivity contribution in [3.05, 3.63) is 139 Å². The van der Waals surface area contributed by atoms with E-state index in [9.17, 15) is 0 Å². The summed E-state index contributed by atoms with van der Waals surface area (Å²) in [4.78, 5) is 11.7. The van der Waals surface area contributed by atoms with Gasteiger partial charge in [0.1, 0.15) is 12.1 Å². The van der Waals surface area contributed by atoms with Crippen LogP contribution in [0.5, 0.6) is 0 Å². The van der Waals surface area contributed by atoms with Gasteiger partial charge in [0, 0.05) is 37.5 Å². The number of benzene rings is 5. The average Bonchev–Trinajstić information content (AvgIpc) is 3.69. The van der Waals surface area contributed by atoms with Crippen LogP contribution in [0, 0.1) is 6.92 Å². The molecule has 5 aromatic carbocycles. The van der Waals surface area contributed by atoms with E-state index < -0.39 is 0 Å². The molecule has 4 aromatic heterocycles. The third-order valence-corrected chi connectivity index (χ3v) is 9.49. The fourth-order valence-corrected chi connectivity index (χ4v) is 7.46. The van der Waals surface area contributed by atoms with E-state index in [4.69, 9.17) is 9.97 Å². The van der Waals surface area contributed by atoms with Crippen molar-refractivity contribution in [1.82, 2.24) is 24.1 Å². The van der Waals surface area contributed by atoms with Crippen molar-refractivity contribution in [3.8, 4) is 16.9 Å². The minimum absolute atomic E-state index is 0.864. The lowest BCUT2D eigenvalue weighted by Crippen LogP contribution is -1.96. The first kappa shape index (κ1) is 25.1. The van der Waals surface area contributed by atoms with Crippen molar-refractivity contribution in [2.24, 2.45) is 0 Å². The number of hydrogen-bond donors (Lipinski definition) is 0. The highest BCUT2D eigenvalue weighted by Crippen LogP contribution is 2.40. The van der Waals surface area contributed by atoms with Crippen molar-refractivity contribution >= 4 is 60.9 Å². The first-order valence-electron chi connectivity index (χ1n) is 14.6. The molecule has 0 aliphatic heterocycles. The molecule has 0 amide bonds. The van der Waals surface area contributed by atoms with Crippen LogP contribution in [0.15, 0.2) is 144 Å². The van der Waals surface area contributed by atoms with Gasteiger partial charge in [-0.15, -0.1) is 0 Å². The summed E-state index contributed by atoms with van der Waals surface area (Å²) < 4.78 is 4.24. The van der Waals surface area contributed by atoms with E-state index in [0.29, 0.717) is 0 Å². The number of pyridine rings is 2. The molecule has 208 valence electrons. The third-order valence-electron chi connectivity index (χ3n) is 8.51. The van der Waals surface area contributed by atoms with E-state index in [1.54, 1.807) is 18.1 Å². The van der Waals surface area contributed by atoms with Crippen LogP contribution in [0.2, 0.25) is 0 Å². The Labute approximate surface area is 257 Å². The summed E-state index contributed by atoms with van der Waals surface area (Å²) in [7, 11) is 0. The highest BCUT2D eigenvalue weighted by molar-refractivity contribution is 7.99. The highest BCUT2D eigenvalue weighted by atomic mass is 32.2. The lowest BCUT2D eigenvalue weighted by atomic mass is 9.94. The average molecular weight is 584 g/mol. The van der Waals surface area contributed by atoms with Crippen LogP contribution in [0.1, 0.15) is 5.56 Å². The van der Waals surface area contributed by atoms with E-state index in [1.165, 1.54) is 38.2 Å². The molecule has 4 heterocycles. The molecule has 9 aromatic rings. The van der Waals surface area contributed by atoms with Crippen molar-refractivity contribution in [2.75, 3.05) is 0 Å². The van der Waals surface area contributed by atoms with Crippen molar-refractivity contribution in [3.63, 3.8) is 0 Å². The first-order valence-corrected chi connectivity index (χ1v) is 15.4. The van der Waals surface area contributed by atoms with Gasteiger partial charge in [-0.25, -0.2) is 14.5 Å². The van der Waals surface area contributed by atoms with Gasteiger partial charge in [0.25, 0.3) is 0 Å². The fraction of sp³-hybridized carbons (Fsp3) is 0.0263. The molecule has 0 spiro atoms. The summed E-state index contributed by atoms with van der Waals surface area (Å²) >= 11 is 1.76. The molecular weight excluding hydrogens is 559 g/mol. The second-order valence-corrected chi connectivity index (χ2v) is 12.2. The molecule has 44 heavy (non-hydrogen) atoms. The molecular formula is C38H25N5S. The van der Waals surface area contributed by atoms with Gasteiger partial charge in [0.05, 0.1) is 16.6 Å². The van der Waals surface area contributed by atoms with E-state index in [0.717, 1.165) is 43.2 Å². The molecule has 6 heteroatoms. The standard InChI is InChI=1S/C38H25N5S/c1-24-9-2-3-10-27(24)30-12-8-14-34-37(30)31-19-17-25(21-32(31)38-40-23-41-43(34)38)44-26-16-18-29-28-11-4-5-13-33(28)42(35(29)22-26)36-15-6-7-20-39-36/h2-23H,1H3. The van der Waals surface area contributed by atoms with E-state index in [-0.39, 0.29) is 0 Å². The van der Waals surface area contributed by atoms with E-state index >= 15 is 0 Å². The van der Waals surface area contributed by atoms with Gasteiger partial charge < -0.3 is 0 Å². The molecule has 0 radical (unpaired) electrons. The quantitative estimate of drug-likeness (QED) is 0.194. The van der Waals surface area contributed by atoms with Gasteiger partial charge >= 0.3 is 0 Å². The number of nitrogens with zero attached hydrogens (tertiary/aromatic N) is 5. The van der Waals surface area contributed by atoms with Crippen molar-refractivity contribution < 1.29 is 0 Å². The normalized spacial score (nSPS) is 11.8. The van der Waals surface area contributed by atoms with Crippen molar-refractivity contribution in [1.29, 1.82) is 0 Å². The number of aryl methyl sites for hydroxylation is 1. The zero-order valence-corrected chi connectivity index (χ0v) is 24.7. The molecule has 0 unspecified atom stereocenters. The zero-order valence-electron chi connectivity index (χ0n) is 23.8. The molecule has 0 fully saturated rings. The summed E-state index contributed by atoms with van der Waals surface area (Å²) in [6.45, 7) is 2.17. The second-order valence-electron chi connectivity index (χ2n) is 11.0. The predicted molar refractivity (Wildman–Crippen MR) is 181 cm³/mol. The van der Waals surface area contributed by atoms with Crippen LogP contribution in [-0.2, 0) is 0 Å². The maximum absolute atomic E-state index is 4.71. The lowest BCUT2D eigenvalue weighted by molar-refractivity contribution is 1.01. The highest BCUT2D eigenvalue weighted by Gasteiger charge is 2.17. The molecule has 0 saturated heterocycles. The van der Waals surface area contributed by atoms with Crippen LogP contribution in [-0.4, -0.2) is 24.1 Å². The number of para-hydroxylation sites is 1. The summed E-state index contributed by atoms with van der Waals surface area (Å²) in [5.74, 6) is 0.914. The Kier molecular flexibility index (Phi) is 5.58. The van der Waals surface area contributed by atoms with Crippen LogP contribution in [0.25, 0.3) is 66.1 Å². The van der Waals surface area contributed by atoms with Crippen LogP contribution < -0.4 is 0 Å².